The van der Waals surface area contributed by atoms with Gasteiger partial charge in [-0.3, -0.25) is 9.59 Å². The van der Waals surface area contributed by atoms with E-state index < -0.39 is 41.2 Å². The molecule has 0 saturated heterocycles. The summed E-state index contributed by atoms with van der Waals surface area (Å²) in [5.41, 5.74) is -3.16. The summed E-state index contributed by atoms with van der Waals surface area (Å²) < 4.78 is 5.19. The number of ketones is 1. The third kappa shape index (κ3) is 2.30. The lowest BCUT2D eigenvalue weighted by Crippen LogP contribution is -2.65. The summed E-state index contributed by atoms with van der Waals surface area (Å²) in [5.74, 6) is -0.894. The van der Waals surface area contributed by atoms with Gasteiger partial charge < -0.3 is 20.1 Å². The van der Waals surface area contributed by atoms with E-state index >= 15 is 0 Å². The van der Waals surface area contributed by atoms with Crippen molar-refractivity contribution in [2.75, 3.05) is 6.61 Å². The largest absolute Gasteiger partial charge is 0.457 e. The molecule has 3 aliphatic carbocycles. The standard InChI is InChI=1S/C21H30O6/c1-11-8-20-13(3)6-12(2)19(4,5)15(17(20)25)7-14(9-22)16(24)21(20,26)18(11)27-10-23/h7-8,10,12-13,15-16,18,22,24,26H,6,9H2,1-5H3/t12-,13?,15?,16+,18?,20?,21-/m0/s1. The summed E-state index contributed by atoms with van der Waals surface area (Å²) in [6.45, 7) is 9.45. The quantitative estimate of drug-likeness (QED) is 0.506. The fraction of sp³-hybridized carbons (Fsp3) is 0.714. The van der Waals surface area contributed by atoms with Crippen LogP contribution in [0.1, 0.15) is 41.0 Å². The summed E-state index contributed by atoms with van der Waals surface area (Å²) in [6.07, 6.45) is 1.32. The van der Waals surface area contributed by atoms with Crippen LogP contribution in [0.5, 0.6) is 0 Å². The predicted molar refractivity (Wildman–Crippen MR) is 98.5 cm³/mol. The van der Waals surface area contributed by atoms with Crippen LogP contribution in [0.25, 0.3) is 0 Å². The van der Waals surface area contributed by atoms with Crippen molar-refractivity contribution in [2.45, 2.75) is 58.8 Å². The summed E-state index contributed by atoms with van der Waals surface area (Å²) in [4.78, 5) is 25.1. The zero-order valence-corrected chi connectivity index (χ0v) is 16.6. The van der Waals surface area contributed by atoms with E-state index in [1.54, 1.807) is 19.1 Å². The van der Waals surface area contributed by atoms with Gasteiger partial charge in [-0.25, -0.2) is 0 Å². The van der Waals surface area contributed by atoms with Gasteiger partial charge in [-0.2, -0.15) is 0 Å². The van der Waals surface area contributed by atoms with Gasteiger partial charge in [-0.1, -0.05) is 39.8 Å². The molecule has 2 bridgehead atoms. The zero-order chi connectivity index (χ0) is 20.4. The number of hydrogen-bond donors (Lipinski definition) is 3. The van der Waals surface area contributed by atoms with E-state index in [4.69, 9.17) is 4.74 Å². The molecule has 3 rings (SSSR count). The smallest absolute Gasteiger partial charge is 0.293 e. The molecule has 0 radical (unpaired) electrons. The van der Waals surface area contributed by atoms with Crippen molar-refractivity contribution in [3.8, 4) is 0 Å². The van der Waals surface area contributed by atoms with Crippen LogP contribution >= 0.6 is 0 Å². The van der Waals surface area contributed by atoms with Crippen LogP contribution in [0.15, 0.2) is 23.3 Å². The van der Waals surface area contributed by atoms with Gasteiger partial charge in [-0.05, 0) is 41.7 Å². The van der Waals surface area contributed by atoms with Crippen molar-refractivity contribution in [1.29, 1.82) is 0 Å². The van der Waals surface area contributed by atoms with Crippen LogP contribution in [0.2, 0.25) is 0 Å². The van der Waals surface area contributed by atoms with E-state index in [2.05, 4.69) is 6.92 Å². The maximum Gasteiger partial charge on any atom is 0.293 e. The Morgan fingerprint density at radius 3 is 2.48 bits per heavy atom. The Balaban J connectivity index is 2.37. The Labute approximate surface area is 159 Å². The van der Waals surface area contributed by atoms with Gasteiger partial charge in [0.15, 0.2) is 17.5 Å². The molecule has 0 heterocycles. The predicted octanol–water partition coefficient (Wildman–Crippen LogP) is 1.39. The molecule has 3 N–H and O–H groups in total. The lowest BCUT2D eigenvalue weighted by molar-refractivity contribution is -0.197. The summed E-state index contributed by atoms with van der Waals surface area (Å²) in [7, 11) is 0. The van der Waals surface area contributed by atoms with Crippen molar-refractivity contribution < 1.29 is 29.6 Å². The van der Waals surface area contributed by atoms with Crippen LogP contribution < -0.4 is 0 Å². The lowest BCUT2D eigenvalue weighted by Gasteiger charge is -2.48. The molecule has 6 nitrogen and oxygen atoms in total. The first-order valence-corrected chi connectivity index (χ1v) is 9.54. The number of Topliss-reactive ketones (excluding diaryl/α,β-unsaturated/α-hetero) is 1. The number of carbonyl (C=O) groups excluding carboxylic acids is 2. The molecule has 1 saturated carbocycles. The molecule has 7 atom stereocenters. The number of aliphatic hydroxyl groups excluding tert-OH is 2. The topological polar surface area (TPSA) is 104 Å². The SMILES string of the molecule is CC1=CC23C(=O)C(C=C(CO)[C@@H](O)[C@]2(O)C1OC=O)C(C)(C)[C@@H](C)CC3C. The van der Waals surface area contributed by atoms with Crippen molar-refractivity contribution in [2.24, 2.45) is 28.6 Å². The van der Waals surface area contributed by atoms with E-state index in [-0.39, 0.29) is 29.7 Å². The minimum atomic E-state index is -2.06. The molecule has 0 aliphatic heterocycles. The Bertz CT molecular complexity index is 722. The Morgan fingerprint density at radius 2 is 1.93 bits per heavy atom. The van der Waals surface area contributed by atoms with Crippen LogP contribution in [0.4, 0.5) is 0 Å². The summed E-state index contributed by atoms with van der Waals surface area (Å²) in [6, 6.07) is 0. The van der Waals surface area contributed by atoms with Crippen LogP contribution in [0.3, 0.4) is 0 Å². The molecular formula is C21H30O6. The van der Waals surface area contributed by atoms with Crippen LogP contribution in [-0.4, -0.2) is 52.0 Å². The molecule has 150 valence electrons. The van der Waals surface area contributed by atoms with Gasteiger partial charge in [-0.15, -0.1) is 0 Å². The minimum absolute atomic E-state index is 0.163. The third-order valence-electron chi connectivity index (χ3n) is 7.70. The van der Waals surface area contributed by atoms with Crippen molar-refractivity contribution >= 4 is 12.3 Å². The molecule has 27 heavy (non-hydrogen) atoms. The third-order valence-corrected chi connectivity index (χ3v) is 7.70. The summed E-state index contributed by atoms with van der Waals surface area (Å²) in [5, 5.41) is 32.9. The molecule has 3 aliphatic rings. The monoisotopic (exact) mass is 378 g/mol. The number of rotatable bonds is 3. The lowest BCUT2D eigenvalue weighted by atomic mass is 9.59. The van der Waals surface area contributed by atoms with Gasteiger partial charge in [0.05, 0.1) is 12.0 Å². The van der Waals surface area contributed by atoms with E-state index in [1.165, 1.54) is 0 Å². The van der Waals surface area contributed by atoms with E-state index in [0.717, 1.165) is 0 Å². The Morgan fingerprint density at radius 1 is 1.30 bits per heavy atom. The van der Waals surface area contributed by atoms with Crippen molar-refractivity contribution in [1.82, 2.24) is 0 Å². The Kier molecular flexibility index (Phi) is 4.69. The fourth-order valence-corrected chi connectivity index (χ4v) is 5.74. The Hall–Kier alpha value is -1.50. The molecule has 6 heteroatoms. The molecule has 0 aromatic carbocycles. The maximum atomic E-state index is 13.9. The highest BCUT2D eigenvalue weighted by molar-refractivity contribution is 5.95. The highest BCUT2D eigenvalue weighted by atomic mass is 16.5. The molecular weight excluding hydrogens is 348 g/mol. The van der Waals surface area contributed by atoms with E-state index in [0.29, 0.717) is 12.0 Å². The first-order valence-electron chi connectivity index (χ1n) is 9.54. The highest BCUT2D eigenvalue weighted by Crippen LogP contribution is 2.62. The minimum Gasteiger partial charge on any atom is -0.457 e. The van der Waals surface area contributed by atoms with E-state index in [9.17, 15) is 24.9 Å². The number of ether oxygens (including phenoxy) is 1. The first-order chi connectivity index (χ1) is 12.5. The van der Waals surface area contributed by atoms with E-state index in [1.807, 2.05) is 20.8 Å². The van der Waals surface area contributed by atoms with Gasteiger partial charge in [0.25, 0.3) is 6.47 Å². The molecule has 1 spiro atoms. The summed E-state index contributed by atoms with van der Waals surface area (Å²) >= 11 is 0. The average molecular weight is 378 g/mol. The molecule has 4 unspecified atom stereocenters. The zero-order valence-electron chi connectivity index (χ0n) is 16.6. The average Bonchev–Trinajstić information content (AvgIpc) is 2.77. The fourth-order valence-electron chi connectivity index (χ4n) is 5.74. The highest BCUT2D eigenvalue weighted by Gasteiger charge is 2.72. The van der Waals surface area contributed by atoms with Gasteiger partial charge in [0, 0.05) is 5.92 Å². The number of allylic oxidation sites excluding steroid dienone is 1. The van der Waals surface area contributed by atoms with Crippen molar-refractivity contribution in [3.05, 3.63) is 23.3 Å². The second kappa shape index (κ2) is 6.26. The number of aliphatic hydroxyl groups is 3. The molecule has 1 fully saturated rings. The van der Waals surface area contributed by atoms with Gasteiger partial charge in [0.1, 0.15) is 6.10 Å². The van der Waals surface area contributed by atoms with Gasteiger partial charge in [0.2, 0.25) is 0 Å². The number of hydrogen-bond acceptors (Lipinski definition) is 6. The second-order valence-corrected chi connectivity index (χ2v) is 9.20. The molecule has 0 amide bonds. The molecule has 0 aromatic rings. The maximum absolute atomic E-state index is 13.9. The first kappa shape index (κ1) is 20.2. The number of fused-ring (bicyclic) bond motifs is 1. The number of carbonyl (C=O) groups is 2. The normalized spacial score (nSPS) is 45.9. The van der Waals surface area contributed by atoms with Gasteiger partial charge >= 0.3 is 0 Å². The van der Waals surface area contributed by atoms with Crippen LogP contribution in [0, 0.1) is 28.6 Å². The van der Waals surface area contributed by atoms with Crippen molar-refractivity contribution in [3.63, 3.8) is 0 Å². The second-order valence-electron chi connectivity index (χ2n) is 9.20. The molecule has 0 aromatic heterocycles. The van der Waals surface area contributed by atoms with Crippen LogP contribution in [-0.2, 0) is 14.3 Å².